The van der Waals surface area contributed by atoms with Gasteiger partial charge in [-0.1, -0.05) is 13.8 Å². The van der Waals surface area contributed by atoms with Crippen molar-refractivity contribution in [3.63, 3.8) is 0 Å². The van der Waals surface area contributed by atoms with Gasteiger partial charge in [-0.2, -0.15) is 5.10 Å². The molecular weight excluding hydrogens is 228 g/mol. The number of aromatic nitrogens is 2. The van der Waals surface area contributed by atoms with E-state index in [0.717, 1.165) is 11.6 Å². The smallest absolute Gasteiger partial charge is 0.341 e. The maximum Gasteiger partial charge on any atom is 0.341 e. The first-order valence-corrected chi connectivity index (χ1v) is 6.80. The second-order valence-corrected chi connectivity index (χ2v) is 5.34. The second-order valence-electron chi connectivity index (χ2n) is 5.34. The van der Waals surface area contributed by atoms with Crippen LogP contribution in [0.15, 0.2) is 6.20 Å². The number of hydrogen-bond acceptors (Lipinski definition) is 3. The van der Waals surface area contributed by atoms with E-state index in [-0.39, 0.29) is 11.9 Å². The molecule has 4 heteroatoms. The number of esters is 1. The minimum Gasteiger partial charge on any atom is -0.462 e. The predicted octanol–water partition coefficient (Wildman–Crippen LogP) is 3.15. The van der Waals surface area contributed by atoms with Crippen molar-refractivity contribution in [1.29, 1.82) is 0 Å². The molecule has 1 aliphatic carbocycles. The lowest BCUT2D eigenvalue weighted by Gasteiger charge is -2.18. The Balaban J connectivity index is 2.33. The van der Waals surface area contributed by atoms with Crippen molar-refractivity contribution in [3.05, 3.63) is 17.5 Å². The van der Waals surface area contributed by atoms with Crippen LogP contribution in [0.5, 0.6) is 0 Å². The summed E-state index contributed by atoms with van der Waals surface area (Å²) in [4.78, 5) is 11.9. The quantitative estimate of drug-likeness (QED) is 0.754. The standard InChI is InChI=1S/C14H22N2O2/c1-5-18-14(17)12-8-15-16(13(12)9(2)3)10(4)11-6-7-11/h8-11H,5-7H2,1-4H3. The van der Waals surface area contributed by atoms with Gasteiger partial charge in [-0.25, -0.2) is 4.79 Å². The lowest BCUT2D eigenvalue weighted by atomic mass is 10.0. The van der Waals surface area contributed by atoms with Crippen LogP contribution in [0.3, 0.4) is 0 Å². The molecule has 0 aromatic carbocycles. The molecule has 1 fully saturated rings. The van der Waals surface area contributed by atoms with Gasteiger partial charge in [0.25, 0.3) is 0 Å². The molecule has 0 spiro atoms. The average Bonchev–Trinajstić information content (AvgIpc) is 3.06. The lowest BCUT2D eigenvalue weighted by Crippen LogP contribution is -2.16. The van der Waals surface area contributed by atoms with Crippen LogP contribution < -0.4 is 0 Å². The predicted molar refractivity (Wildman–Crippen MR) is 69.7 cm³/mol. The van der Waals surface area contributed by atoms with E-state index < -0.39 is 0 Å². The Labute approximate surface area is 108 Å². The van der Waals surface area contributed by atoms with Crippen LogP contribution in [-0.4, -0.2) is 22.4 Å². The molecule has 0 saturated heterocycles. The van der Waals surface area contributed by atoms with Gasteiger partial charge in [-0.05, 0) is 38.5 Å². The van der Waals surface area contributed by atoms with Gasteiger partial charge in [-0.3, -0.25) is 4.68 Å². The molecule has 18 heavy (non-hydrogen) atoms. The van der Waals surface area contributed by atoms with Crippen LogP contribution in [0.2, 0.25) is 0 Å². The van der Waals surface area contributed by atoms with E-state index in [1.165, 1.54) is 12.8 Å². The van der Waals surface area contributed by atoms with Crippen LogP contribution in [-0.2, 0) is 4.74 Å². The van der Waals surface area contributed by atoms with E-state index in [4.69, 9.17) is 4.74 Å². The molecule has 1 saturated carbocycles. The summed E-state index contributed by atoms with van der Waals surface area (Å²) in [6, 6.07) is 0.380. The van der Waals surface area contributed by atoms with Crippen molar-refractivity contribution in [1.82, 2.24) is 9.78 Å². The largest absolute Gasteiger partial charge is 0.462 e. The van der Waals surface area contributed by atoms with E-state index in [2.05, 4.69) is 25.9 Å². The molecule has 4 nitrogen and oxygen atoms in total. The normalized spacial score (nSPS) is 16.9. The summed E-state index contributed by atoms with van der Waals surface area (Å²) in [5.41, 5.74) is 1.63. The van der Waals surface area contributed by atoms with Gasteiger partial charge in [0.1, 0.15) is 5.56 Å². The highest BCUT2D eigenvalue weighted by Crippen LogP contribution is 2.40. The van der Waals surface area contributed by atoms with E-state index >= 15 is 0 Å². The molecule has 0 aliphatic heterocycles. The number of hydrogen-bond donors (Lipinski definition) is 0. The fraction of sp³-hybridized carbons (Fsp3) is 0.714. The highest BCUT2D eigenvalue weighted by molar-refractivity contribution is 5.90. The first kappa shape index (κ1) is 13.1. The van der Waals surface area contributed by atoms with Crippen LogP contribution in [0.4, 0.5) is 0 Å². The van der Waals surface area contributed by atoms with Gasteiger partial charge in [0.05, 0.1) is 24.5 Å². The second kappa shape index (κ2) is 5.12. The third kappa shape index (κ3) is 2.42. The molecule has 0 radical (unpaired) electrons. The van der Waals surface area contributed by atoms with Crippen molar-refractivity contribution in [2.75, 3.05) is 6.61 Å². The summed E-state index contributed by atoms with van der Waals surface area (Å²) < 4.78 is 7.12. The molecule has 100 valence electrons. The minimum absolute atomic E-state index is 0.254. The Kier molecular flexibility index (Phi) is 3.73. The zero-order chi connectivity index (χ0) is 13.3. The van der Waals surface area contributed by atoms with Gasteiger partial charge in [0, 0.05) is 0 Å². The minimum atomic E-state index is -0.254. The highest BCUT2D eigenvalue weighted by atomic mass is 16.5. The van der Waals surface area contributed by atoms with Crippen LogP contribution in [0.25, 0.3) is 0 Å². The third-order valence-electron chi connectivity index (χ3n) is 3.57. The van der Waals surface area contributed by atoms with Gasteiger partial charge in [0.2, 0.25) is 0 Å². The van der Waals surface area contributed by atoms with E-state index in [1.54, 1.807) is 6.20 Å². The molecule has 1 heterocycles. The van der Waals surface area contributed by atoms with E-state index in [9.17, 15) is 4.79 Å². The summed E-state index contributed by atoms with van der Waals surface area (Å²) in [6.07, 6.45) is 4.20. The Morgan fingerprint density at radius 1 is 1.50 bits per heavy atom. The zero-order valence-electron chi connectivity index (χ0n) is 11.6. The van der Waals surface area contributed by atoms with Crippen LogP contribution >= 0.6 is 0 Å². The molecule has 2 rings (SSSR count). The number of carbonyl (C=O) groups is 1. The maximum atomic E-state index is 11.9. The molecular formula is C14H22N2O2. The summed E-state index contributed by atoms with van der Waals surface area (Å²) in [6.45, 7) is 8.60. The van der Waals surface area contributed by atoms with Crippen molar-refractivity contribution in [2.45, 2.75) is 52.5 Å². The third-order valence-corrected chi connectivity index (χ3v) is 3.57. The van der Waals surface area contributed by atoms with E-state index in [0.29, 0.717) is 18.2 Å². The highest BCUT2D eigenvalue weighted by Gasteiger charge is 2.32. The van der Waals surface area contributed by atoms with Crippen molar-refractivity contribution in [2.24, 2.45) is 5.92 Å². The molecule has 1 aliphatic rings. The van der Waals surface area contributed by atoms with Gasteiger partial charge in [-0.15, -0.1) is 0 Å². The lowest BCUT2D eigenvalue weighted by molar-refractivity contribution is 0.0524. The fourth-order valence-corrected chi connectivity index (χ4v) is 2.42. The Morgan fingerprint density at radius 3 is 2.67 bits per heavy atom. The average molecular weight is 250 g/mol. The first-order valence-electron chi connectivity index (χ1n) is 6.80. The Morgan fingerprint density at radius 2 is 2.17 bits per heavy atom. The number of nitrogens with zero attached hydrogens (tertiary/aromatic N) is 2. The summed E-state index contributed by atoms with van der Waals surface area (Å²) in [5.74, 6) is 0.737. The number of carbonyl (C=O) groups excluding carboxylic acids is 1. The van der Waals surface area contributed by atoms with Crippen molar-refractivity contribution >= 4 is 5.97 Å². The fourth-order valence-electron chi connectivity index (χ4n) is 2.42. The Bertz CT molecular complexity index is 433. The van der Waals surface area contributed by atoms with Gasteiger partial charge >= 0.3 is 5.97 Å². The molecule has 1 aromatic rings. The van der Waals surface area contributed by atoms with Crippen LogP contribution in [0.1, 0.15) is 68.5 Å². The van der Waals surface area contributed by atoms with Crippen LogP contribution in [0, 0.1) is 5.92 Å². The van der Waals surface area contributed by atoms with Gasteiger partial charge in [0.15, 0.2) is 0 Å². The van der Waals surface area contributed by atoms with Crippen molar-refractivity contribution < 1.29 is 9.53 Å². The van der Waals surface area contributed by atoms with E-state index in [1.807, 2.05) is 11.6 Å². The number of ether oxygens (including phenoxy) is 1. The Hall–Kier alpha value is -1.32. The molecule has 0 N–H and O–H groups in total. The summed E-state index contributed by atoms with van der Waals surface area (Å²) >= 11 is 0. The van der Waals surface area contributed by atoms with Gasteiger partial charge < -0.3 is 4.74 Å². The summed E-state index contributed by atoms with van der Waals surface area (Å²) in [5, 5.41) is 4.42. The molecule has 1 aromatic heterocycles. The maximum absolute atomic E-state index is 11.9. The topological polar surface area (TPSA) is 44.1 Å². The SMILES string of the molecule is CCOC(=O)c1cnn(C(C)C2CC2)c1C(C)C. The zero-order valence-corrected chi connectivity index (χ0v) is 11.6. The molecule has 0 amide bonds. The molecule has 1 unspecified atom stereocenters. The number of rotatable bonds is 5. The first-order chi connectivity index (χ1) is 8.56. The van der Waals surface area contributed by atoms with Crippen molar-refractivity contribution in [3.8, 4) is 0 Å². The molecule has 0 bridgehead atoms. The summed E-state index contributed by atoms with van der Waals surface area (Å²) in [7, 11) is 0. The monoisotopic (exact) mass is 250 g/mol. The molecule has 1 atom stereocenters.